The molecule has 1 aliphatic rings. The summed E-state index contributed by atoms with van der Waals surface area (Å²) in [6.45, 7) is 0. The van der Waals surface area contributed by atoms with Crippen LogP contribution >= 0.6 is 27.5 Å². The first-order chi connectivity index (χ1) is 8.29. The fraction of sp³-hybridized carbons (Fsp3) is 0.500. The molecule has 0 aliphatic heterocycles. The first kappa shape index (κ1) is 11.5. The van der Waals surface area contributed by atoms with Crippen molar-refractivity contribution in [3.63, 3.8) is 0 Å². The molecule has 1 fully saturated rings. The summed E-state index contributed by atoms with van der Waals surface area (Å²) >= 11 is 9.29. The van der Waals surface area contributed by atoms with Crippen LogP contribution < -0.4 is 0 Å². The van der Waals surface area contributed by atoms with Gasteiger partial charge in [0, 0.05) is 29.0 Å². The highest BCUT2D eigenvalue weighted by molar-refractivity contribution is 9.10. The van der Waals surface area contributed by atoms with E-state index in [1.165, 1.54) is 19.3 Å². The summed E-state index contributed by atoms with van der Waals surface area (Å²) in [4.78, 5) is 9.15. The molecule has 17 heavy (non-hydrogen) atoms. The van der Waals surface area contributed by atoms with Gasteiger partial charge in [0.1, 0.15) is 11.3 Å². The van der Waals surface area contributed by atoms with Crippen LogP contribution in [-0.2, 0) is 6.42 Å². The lowest BCUT2D eigenvalue weighted by atomic mass is 9.92. The maximum Gasteiger partial charge on any atom is 0.160 e. The number of fused-ring (bicyclic) bond motifs is 1. The molecule has 1 saturated carbocycles. The van der Waals surface area contributed by atoms with Crippen molar-refractivity contribution in [2.75, 3.05) is 5.88 Å². The van der Waals surface area contributed by atoms with Crippen molar-refractivity contribution < 1.29 is 0 Å². The van der Waals surface area contributed by atoms with Gasteiger partial charge in [-0.3, -0.25) is 0 Å². The molecule has 0 atom stereocenters. The van der Waals surface area contributed by atoms with E-state index in [0.717, 1.165) is 27.9 Å². The third kappa shape index (κ3) is 1.97. The number of aryl methyl sites for hydroxylation is 1. The molecule has 1 aliphatic carbocycles. The van der Waals surface area contributed by atoms with E-state index < -0.39 is 0 Å². The topological polar surface area (TPSA) is 30.7 Å². The van der Waals surface area contributed by atoms with Gasteiger partial charge >= 0.3 is 0 Å². The molecule has 0 N–H and O–H groups in total. The van der Waals surface area contributed by atoms with Gasteiger partial charge in [-0.25, -0.2) is 9.97 Å². The summed E-state index contributed by atoms with van der Waals surface area (Å²) in [5, 5.41) is 0. The maximum absolute atomic E-state index is 5.85. The summed E-state index contributed by atoms with van der Waals surface area (Å²) in [6, 6.07) is 2.60. The molecule has 0 unspecified atom stereocenters. The molecule has 2 aromatic rings. The van der Waals surface area contributed by atoms with Crippen LogP contribution in [0.3, 0.4) is 0 Å². The summed E-state index contributed by atoms with van der Waals surface area (Å²) < 4.78 is 3.26. The van der Waals surface area contributed by atoms with Crippen molar-refractivity contribution in [1.29, 1.82) is 0 Å². The molecule has 0 radical (unpaired) electrons. The molecule has 5 heteroatoms. The number of imidazole rings is 1. The minimum absolute atomic E-state index is 0.576. The number of hydrogen-bond donors (Lipinski definition) is 0. The quantitative estimate of drug-likeness (QED) is 0.809. The Balaban J connectivity index is 2.16. The van der Waals surface area contributed by atoms with Gasteiger partial charge in [-0.2, -0.15) is 0 Å². The van der Waals surface area contributed by atoms with Gasteiger partial charge in [0.2, 0.25) is 0 Å². The molecule has 3 nitrogen and oxygen atoms in total. The zero-order chi connectivity index (χ0) is 11.8. The Morgan fingerprint density at radius 1 is 1.47 bits per heavy atom. The van der Waals surface area contributed by atoms with Gasteiger partial charge in [-0.05, 0) is 41.3 Å². The highest BCUT2D eigenvalue weighted by Gasteiger charge is 2.24. The molecule has 2 aromatic heterocycles. The van der Waals surface area contributed by atoms with Crippen LogP contribution in [0.2, 0.25) is 0 Å². The lowest BCUT2D eigenvalue weighted by Gasteiger charge is -2.28. The third-order valence-corrected chi connectivity index (χ3v) is 3.95. The number of nitrogens with zero attached hydrogens (tertiary/aromatic N) is 3. The van der Waals surface area contributed by atoms with Gasteiger partial charge in [0.25, 0.3) is 0 Å². The predicted octanol–water partition coefficient (Wildman–Crippen LogP) is 3.70. The molecule has 0 saturated heterocycles. The van der Waals surface area contributed by atoms with Crippen molar-refractivity contribution >= 4 is 38.7 Å². The van der Waals surface area contributed by atoms with Crippen LogP contribution in [0.25, 0.3) is 11.2 Å². The second-order valence-corrected chi connectivity index (χ2v) is 5.71. The number of rotatable bonds is 3. The Morgan fingerprint density at radius 2 is 2.29 bits per heavy atom. The van der Waals surface area contributed by atoms with Crippen molar-refractivity contribution in [2.45, 2.75) is 31.7 Å². The Kier molecular flexibility index (Phi) is 3.09. The van der Waals surface area contributed by atoms with Gasteiger partial charge in [-0.1, -0.05) is 0 Å². The molecule has 0 amide bonds. The average molecular weight is 315 g/mol. The first-order valence-corrected chi connectivity index (χ1v) is 7.20. The number of pyridine rings is 1. The smallest absolute Gasteiger partial charge is 0.160 e. The van der Waals surface area contributed by atoms with E-state index in [0.29, 0.717) is 11.9 Å². The maximum atomic E-state index is 5.85. The minimum Gasteiger partial charge on any atom is -0.310 e. The van der Waals surface area contributed by atoms with E-state index in [-0.39, 0.29) is 0 Å². The van der Waals surface area contributed by atoms with Gasteiger partial charge in [-0.15, -0.1) is 11.6 Å². The highest BCUT2D eigenvalue weighted by atomic mass is 79.9. The number of alkyl halides is 1. The molecule has 0 bridgehead atoms. The van der Waals surface area contributed by atoms with Crippen molar-refractivity contribution in [2.24, 2.45) is 0 Å². The molecule has 2 heterocycles. The van der Waals surface area contributed by atoms with Gasteiger partial charge in [0.15, 0.2) is 5.65 Å². The van der Waals surface area contributed by atoms with Crippen LogP contribution in [0.1, 0.15) is 31.1 Å². The van der Waals surface area contributed by atoms with Crippen molar-refractivity contribution in [1.82, 2.24) is 14.5 Å². The Morgan fingerprint density at radius 3 is 2.94 bits per heavy atom. The lowest BCUT2D eigenvalue weighted by Crippen LogP contribution is -2.19. The van der Waals surface area contributed by atoms with Gasteiger partial charge < -0.3 is 4.57 Å². The number of aromatic nitrogens is 3. The Bertz CT molecular complexity index is 548. The number of halogens is 2. The van der Waals surface area contributed by atoms with Gasteiger partial charge in [0.05, 0.1) is 0 Å². The van der Waals surface area contributed by atoms with Crippen LogP contribution in [0.15, 0.2) is 16.7 Å². The number of hydrogen-bond acceptors (Lipinski definition) is 2. The van der Waals surface area contributed by atoms with Crippen molar-refractivity contribution in [3.8, 4) is 0 Å². The summed E-state index contributed by atoms with van der Waals surface area (Å²) in [7, 11) is 0. The van der Waals surface area contributed by atoms with Crippen LogP contribution in [0.5, 0.6) is 0 Å². The van der Waals surface area contributed by atoms with Crippen LogP contribution in [0, 0.1) is 0 Å². The standard InChI is InChI=1S/C12H13BrClN3/c13-8-6-10-12(15-7-8)17(9-2-1-3-9)11(16-10)4-5-14/h6-7,9H,1-5H2. The molecule has 0 spiro atoms. The highest BCUT2D eigenvalue weighted by Crippen LogP contribution is 2.35. The molecule has 3 rings (SSSR count). The SMILES string of the molecule is ClCCc1nc2cc(Br)cnc2n1C1CCC1. The van der Waals surface area contributed by atoms with Crippen LogP contribution in [0.4, 0.5) is 0 Å². The zero-order valence-corrected chi connectivity index (χ0v) is 11.7. The first-order valence-electron chi connectivity index (χ1n) is 5.88. The van der Waals surface area contributed by atoms with E-state index >= 15 is 0 Å². The average Bonchev–Trinajstić information content (AvgIpc) is 2.55. The van der Waals surface area contributed by atoms with E-state index in [2.05, 4.69) is 30.5 Å². The summed E-state index contributed by atoms with van der Waals surface area (Å²) in [5.41, 5.74) is 1.96. The van der Waals surface area contributed by atoms with E-state index in [1.54, 1.807) is 0 Å². The third-order valence-electron chi connectivity index (χ3n) is 3.33. The van der Waals surface area contributed by atoms with E-state index in [1.807, 2.05) is 12.3 Å². The Labute approximate surface area is 113 Å². The predicted molar refractivity (Wildman–Crippen MR) is 72.5 cm³/mol. The second-order valence-electron chi connectivity index (χ2n) is 4.42. The lowest BCUT2D eigenvalue weighted by molar-refractivity contribution is 0.312. The molecular weight excluding hydrogens is 302 g/mol. The molecule has 90 valence electrons. The van der Waals surface area contributed by atoms with E-state index in [4.69, 9.17) is 11.6 Å². The van der Waals surface area contributed by atoms with Crippen LogP contribution in [-0.4, -0.2) is 20.4 Å². The van der Waals surface area contributed by atoms with E-state index in [9.17, 15) is 0 Å². The minimum atomic E-state index is 0.576. The normalized spacial score (nSPS) is 16.4. The largest absolute Gasteiger partial charge is 0.310 e. The second kappa shape index (κ2) is 4.58. The fourth-order valence-electron chi connectivity index (χ4n) is 2.29. The summed E-state index contributed by atoms with van der Waals surface area (Å²) in [5.74, 6) is 1.68. The summed E-state index contributed by atoms with van der Waals surface area (Å²) in [6.07, 6.45) is 6.42. The Hall–Kier alpha value is -0.610. The fourth-order valence-corrected chi connectivity index (χ4v) is 2.78. The monoisotopic (exact) mass is 313 g/mol. The molecular formula is C12H13BrClN3. The molecule has 0 aromatic carbocycles. The zero-order valence-electron chi connectivity index (χ0n) is 9.37. The van der Waals surface area contributed by atoms with Crippen molar-refractivity contribution in [3.05, 3.63) is 22.6 Å².